The maximum atomic E-state index is 12.2. The van der Waals surface area contributed by atoms with Gasteiger partial charge in [-0.1, -0.05) is 12.1 Å². The molecule has 12 heteroatoms. The Labute approximate surface area is 209 Å². The first-order valence-electron chi connectivity index (χ1n) is 9.16. The van der Waals surface area contributed by atoms with Crippen LogP contribution >= 0.6 is 0 Å². The summed E-state index contributed by atoms with van der Waals surface area (Å²) in [5, 5.41) is 26.7. The van der Waals surface area contributed by atoms with Crippen molar-refractivity contribution in [1.82, 2.24) is 4.98 Å². The molecule has 0 spiro atoms. The van der Waals surface area contributed by atoms with E-state index in [-0.39, 0.29) is 45.9 Å². The number of H-pyrrole nitrogens is 1. The molecule has 161 valence electrons. The molecule has 0 atom stereocenters. The van der Waals surface area contributed by atoms with Gasteiger partial charge in [-0.05, 0) is 60.7 Å². The quantitative estimate of drug-likeness (QED) is 0.213. The summed E-state index contributed by atoms with van der Waals surface area (Å²) in [5.74, 6) is -0.251. The van der Waals surface area contributed by atoms with E-state index in [1.165, 1.54) is 24.3 Å². The molecule has 1 radical (unpaired) electrons. The normalized spacial score (nSPS) is 11.8. The largest absolute Gasteiger partial charge is 0.505 e. The first-order valence-corrected chi connectivity index (χ1v) is 10.6. The Hall–Kier alpha value is -3.22. The van der Waals surface area contributed by atoms with Crippen LogP contribution in [0.15, 0.2) is 103 Å². The van der Waals surface area contributed by atoms with Gasteiger partial charge in [0.1, 0.15) is 0 Å². The van der Waals surface area contributed by atoms with Crippen molar-refractivity contribution in [1.29, 1.82) is 0 Å². The second kappa shape index (κ2) is 10.1. The maximum Gasteiger partial charge on any atom is 0.294 e. The molecule has 10 nitrogen and oxygen atoms in total. The van der Waals surface area contributed by atoms with Gasteiger partial charge in [0, 0.05) is 34.9 Å². The molecule has 0 aliphatic carbocycles. The standard InChI is InChI=1S/C21H15N5O5S.Na/c27-20-17-3-1-2-4-18(17)22-21(28)19(20)26-25-14-7-5-13(6-8-14)23-24-15-9-11-16(12-10-15)32(29,30)31;/h1-12H,(H2,22,27,28)(H,29,30,31);. The van der Waals surface area contributed by atoms with Gasteiger partial charge >= 0.3 is 0 Å². The number of para-hydroxylation sites is 1. The summed E-state index contributed by atoms with van der Waals surface area (Å²) in [7, 11) is -4.26. The fraction of sp³-hybridized carbons (Fsp3) is 0. The number of rotatable bonds is 5. The van der Waals surface area contributed by atoms with Gasteiger partial charge in [-0.15, -0.1) is 5.11 Å². The average molecular weight is 472 g/mol. The molecule has 0 amide bonds. The second-order valence-electron chi connectivity index (χ2n) is 6.58. The number of nitrogens with zero attached hydrogens (tertiary/aromatic N) is 4. The topological polar surface area (TPSA) is 157 Å². The number of aromatic hydroxyl groups is 1. The Balaban J connectivity index is 0.00000306. The summed E-state index contributed by atoms with van der Waals surface area (Å²) in [6, 6.07) is 18.5. The predicted molar refractivity (Wildman–Crippen MR) is 123 cm³/mol. The van der Waals surface area contributed by atoms with E-state index in [2.05, 4.69) is 25.4 Å². The predicted octanol–water partition coefficient (Wildman–Crippen LogP) is 4.93. The Bertz CT molecular complexity index is 1520. The van der Waals surface area contributed by atoms with Crippen LogP contribution in [-0.4, -0.2) is 52.6 Å². The fourth-order valence-corrected chi connectivity index (χ4v) is 3.28. The third kappa shape index (κ3) is 5.78. The zero-order valence-corrected chi connectivity index (χ0v) is 20.1. The van der Waals surface area contributed by atoms with Gasteiger partial charge < -0.3 is 10.1 Å². The van der Waals surface area contributed by atoms with Crippen LogP contribution in [0.3, 0.4) is 0 Å². The van der Waals surface area contributed by atoms with Crippen molar-refractivity contribution in [3.8, 4) is 5.75 Å². The Morgan fingerprint density at radius 1 is 0.727 bits per heavy atom. The molecular weight excluding hydrogens is 457 g/mol. The number of aromatic amines is 1. The Morgan fingerprint density at radius 3 is 1.76 bits per heavy atom. The van der Waals surface area contributed by atoms with Crippen LogP contribution in [0.2, 0.25) is 0 Å². The van der Waals surface area contributed by atoms with Crippen LogP contribution in [-0.2, 0) is 10.1 Å². The summed E-state index contributed by atoms with van der Waals surface area (Å²) in [4.78, 5) is 14.6. The van der Waals surface area contributed by atoms with E-state index < -0.39 is 15.7 Å². The number of fused-ring (bicyclic) bond motifs is 1. The molecule has 1 heterocycles. The smallest absolute Gasteiger partial charge is 0.294 e. The number of benzene rings is 3. The summed E-state index contributed by atoms with van der Waals surface area (Å²) in [6.45, 7) is 0. The van der Waals surface area contributed by atoms with Crippen LogP contribution in [0, 0.1) is 0 Å². The molecule has 0 aliphatic heterocycles. The van der Waals surface area contributed by atoms with Crippen molar-refractivity contribution in [2.24, 2.45) is 20.5 Å². The van der Waals surface area contributed by atoms with Gasteiger partial charge in [0.2, 0.25) is 0 Å². The molecule has 4 aromatic rings. The number of nitrogens with one attached hydrogen (secondary N) is 1. The van der Waals surface area contributed by atoms with E-state index in [0.717, 1.165) is 0 Å². The zero-order chi connectivity index (χ0) is 22.7. The van der Waals surface area contributed by atoms with E-state index in [4.69, 9.17) is 4.55 Å². The van der Waals surface area contributed by atoms with Crippen molar-refractivity contribution in [2.45, 2.75) is 4.90 Å². The van der Waals surface area contributed by atoms with Crippen LogP contribution in [0.5, 0.6) is 5.75 Å². The minimum absolute atomic E-state index is 0. The minimum Gasteiger partial charge on any atom is -0.505 e. The first kappa shape index (κ1) is 24.4. The maximum absolute atomic E-state index is 12.2. The van der Waals surface area contributed by atoms with Gasteiger partial charge in [0.25, 0.3) is 15.7 Å². The van der Waals surface area contributed by atoms with Crippen molar-refractivity contribution in [2.75, 3.05) is 0 Å². The van der Waals surface area contributed by atoms with Crippen LogP contribution < -0.4 is 5.56 Å². The van der Waals surface area contributed by atoms with Crippen LogP contribution in [0.1, 0.15) is 0 Å². The Kier molecular flexibility index (Phi) is 7.51. The fourth-order valence-electron chi connectivity index (χ4n) is 2.80. The molecule has 4 rings (SSSR count). The molecule has 3 N–H and O–H groups in total. The first-order chi connectivity index (χ1) is 15.3. The second-order valence-corrected chi connectivity index (χ2v) is 8.00. The summed E-state index contributed by atoms with van der Waals surface area (Å²) in [5.41, 5.74) is 1.06. The number of pyridine rings is 1. The van der Waals surface area contributed by atoms with Crippen molar-refractivity contribution >= 4 is 73.3 Å². The molecule has 0 unspecified atom stereocenters. The van der Waals surface area contributed by atoms with Gasteiger partial charge in [0.15, 0.2) is 11.4 Å². The molecular formula is C21H15N5NaO5S. The van der Waals surface area contributed by atoms with E-state index >= 15 is 0 Å². The van der Waals surface area contributed by atoms with Gasteiger partial charge in [-0.25, -0.2) is 0 Å². The third-order valence-electron chi connectivity index (χ3n) is 4.40. The average Bonchev–Trinajstić information content (AvgIpc) is 2.78. The molecule has 0 bridgehead atoms. The van der Waals surface area contributed by atoms with Gasteiger partial charge in [-0.2, -0.15) is 23.8 Å². The number of hydrogen-bond donors (Lipinski definition) is 3. The summed E-state index contributed by atoms with van der Waals surface area (Å²) >= 11 is 0. The third-order valence-corrected chi connectivity index (χ3v) is 5.27. The van der Waals surface area contributed by atoms with E-state index in [1.54, 1.807) is 48.5 Å². The number of azo groups is 2. The van der Waals surface area contributed by atoms with Crippen LogP contribution in [0.4, 0.5) is 22.7 Å². The monoisotopic (exact) mass is 472 g/mol. The van der Waals surface area contributed by atoms with E-state index in [1.807, 2.05) is 0 Å². The zero-order valence-electron chi connectivity index (χ0n) is 17.2. The summed E-state index contributed by atoms with van der Waals surface area (Å²) in [6.07, 6.45) is 0. The molecule has 0 aliphatic rings. The Morgan fingerprint density at radius 2 is 1.21 bits per heavy atom. The summed E-state index contributed by atoms with van der Waals surface area (Å²) < 4.78 is 31.1. The number of aromatic nitrogens is 1. The molecule has 0 saturated carbocycles. The molecule has 33 heavy (non-hydrogen) atoms. The molecule has 3 aromatic carbocycles. The van der Waals surface area contributed by atoms with Crippen molar-refractivity contribution < 1.29 is 18.1 Å². The van der Waals surface area contributed by atoms with Gasteiger partial charge in [0.05, 0.1) is 27.5 Å². The SMILES string of the molecule is O=c1[nH]c2ccccc2c(O)c1N=Nc1ccc(N=Nc2ccc(S(=O)(=O)O)cc2)cc1.[Na]. The molecule has 1 aromatic heterocycles. The van der Waals surface area contributed by atoms with Gasteiger partial charge in [-0.3, -0.25) is 9.35 Å². The van der Waals surface area contributed by atoms with E-state index in [9.17, 15) is 18.3 Å². The molecule has 0 saturated heterocycles. The van der Waals surface area contributed by atoms with E-state index in [0.29, 0.717) is 28.0 Å². The van der Waals surface area contributed by atoms with Crippen molar-refractivity contribution in [3.05, 3.63) is 83.2 Å². The van der Waals surface area contributed by atoms with Crippen LogP contribution in [0.25, 0.3) is 10.9 Å². The molecule has 0 fully saturated rings. The van der Waals surface area contributed by atoms with Crippen molar-refractivity contribution in [3.63, 3.8) is 0 Å². The minimum atomic E-state index is -4.26. The number of hydrogen-bond acceptors (Lipinski definition) is 8.